The van der Waals surface area contributed by atoms with Crippen molar-refractivity contribution in [1.82, 2.24) is 10.2 Å². The van der Waals surface area contributed by atoms with Crippen LogP contribution in [-0.4, -0.2) is 63.5 Å². The Balaban J connectivity index is 1.83. The van der Waals surface area contributed by atoms with Crippen LogP contribution in [0, 0.1) is 37.5 Å². The summed E-state index contributed by atoms with van der Waals surface area (Å²) in [4.78, 5) is 42.8. The van der Waals surface area contributed by atoms with E-state index in [1.165, 1.54) is 0 Å². The number of anilines is 1. The van der Waals surface area contributed by atoms with Crippen LogP contribution in [0.5, 0.6) is 0 Å². The fourth-order valence-electron chi connectivity index (χ4n) is 6.47. The predicted octanol–water partition coefficient (Wildman–Crippen LogP) is 2.73. The van der Waals surface area contributed by atoms with Crippen LogP contribution in [0.25, 0.3) is 0 Å². The third kappa shape index (κ3) is 3.56. The molecule has 3 amide bonds. The van der Waals surface area contributed by atoms with Crippen LogP contribution in [0.2, 0.25) is 0 Å². The van der Waals surface area contributed by atoms with Crippen LogP contribution < -0.4 is 10.6 Å². The van der Waals surface area contributed by atoms with E-state index in [2.05, 4.69) is 17.6 Å². The highest BCUT2D eigenvalue weighted by molar-refractivity contribution is 8.02. The van der Waals surface area contributed by atoms with Crippen molar-refractivity contribution in [3.63, 3.8) is 0 Å². The molecule has 3 heterocycles. The van der Waals surface area contributed by atoms with E-state index in [4.69, 9.17) is 0 Å². The smallest absolute Gasteiger partial charge is 0.248 e. The second-order valence-corrected chi connectivity index (χ2v) is 11.9. The van der Waals surface area contributed by atoms with E-state index in [0.717, 1.165) is 29.7 Å². The highest BCUT2D eigenvalue weighted by atomic mass is 32.2. The number of fused-ring (bicyclic) bond motifs is 1. The van der Waals surface area contributed by atoms with Crippen molar-refractivity contribution >= 4 is 35.2 Å². The summed E-state index contributed by atoms with van der Waals surface area (Å²) in [6.07, 6.45) is 1.56. The van der Waals surface area contributed by atoms with Gasteiger partial charge in [-0.2, -0.15) is 0 Å². The molecule has 3 aliphatic heterocycles. The fraction of sp³-hybridized carbons (Fsp3) is 0.654. The monoisotopic (exact) mass is 487 g/mol. The van der Waals surface area contributed by atoms with Gasteiger partial charge in [0, 0.05) is 18.0 Å². The van der Waals surface area contributed by atoms with Gasteiger partial charge in [0.1, 0.15) is 6.04 Å². The summed E-state index contributed by atoms with van der Waals surface area (Å²) in [5.41, 5.74) is 2.71. The second kappa shape index (κ2) is 9.19. The van der Waals surface area contributed by atoms with E-state index in [9.17, 15) is 19.5 Å². The molecule has 3 N–H and O–H groups in total. The van der Waals surface area contributed by atoms with Crippen molar-refractivity contribution < 1.29 is 19.5 Å². The standard InChI is InChI=1S/C26H37N3O4S/c1-7-14(3)18(12-30)29-22(24(32)28-17-10-13(2)8-9-15(17)4)26-16(5)11-19(34-26)20(23(31)27-6)21(26)25(29)33/h8-10,14,16,18-22,30H,7,11-12H2,1-6H3,(H,27,31)(H,28,32)/t14-,16?,18-,19+,20-,21-,22?,26?/m0/s1. The lowest BCUT2D eigenvalue weighted by Crippen LogP contribution is -2.58. The van der Waals surface area contributed by atoms with E-state index in [-0.39, 0.29) is 41.4 Å². The molecule has 186 valence electrons. The van der Waals surface area contributed by atoms with Crippen LogP contribution >= 0.6 is 11.8 Å². The van der Waals surface area contributed by atoms with Crippen molar-refractivity contribution in [2.75, 3.05) is 19.0 Å². The zero-order chi connectivity index (χ0) is 24.9. The lowest BCUT2D eigenvalue weighted by atomic mass is 9.66. The van der Waals surface area contributed by atoms with Gasteiger partial charge in [0.25, 0.3) is 0 Å². The number of carbonyl (C=O) groups is 3. The lowest BCUT2D eigenvalue weighted by Gasteiger charge is -2.41. The number of rotatable bonds is 7. The Morgan fingerprint density at radius 2 is 2.00 bits per heavy atom. The summed E-state index contributed by atoms with van der Waals surface area (Å²) in [6, 6.07) is 4.68. The Morgan fingerprint density at radius 3 is 2.62 bits per heavy atom. The van der Waals surface area contributed by atoms with Gasteiger partial charge in [-0.05, 0) is 49.3 Å². The highest BCUT2D eigenvalue weighted by Gasteiger charge is 2.76. The summed E-state index contributed by atoms with van der Waals surface area (Å²) < 4.78 is -0.693. The molecule has 1 spiro atoms. The number of aryl methyl sites for hydroxylation is 2. The van der Waals surface area contributed by atoms with Gasteiger partial charge in [0.05, 0.1) is 29.2 Å². The van der Waals surface area contributed by atoms with Crippen LogP contribution in [0.15, 0.2) is 18.2 Å². The van der Waals surface area contributed by atoms with Crippen molar-refractivity contribution in [3.05, 3.63) is 29.3 Å². The number of aliphatic hydroxyl groups excluding tert-OH is 1. The van der Waals surface area contributed by atoms with Crippen molar-refractivity contribution in [3.8, 4) is 0 Å². The van der Waals surface area contributed by atoms with Crippen molar-refractivity contribution in [2.24, 2.45) is 23.7 Å². The molecular formula is C26H37N3O4S. The fourth-order valence-corrected chi connectivity index (χ4v) is 8.88. The number of carbonyl (C=O) groups excluding carboxylic acids is 3. The second-order valence-electron chi connectivity index (χ2n) is 10.4. The van der Waals surface area contributed by atoms with Crippen molar-refractivity contribution in [2.45, 2.75) is 69.5 Å². The molecule has 1 aromatic rings. The van der Waals surface area contributed by atoms with Gasteiger partial charge < -0.3 is 20.6 Å². The Labute approximate surface area is 206 Å². The summed E-state index contributed by atoms with van der Waals surface area (Å²) in [7, 11) is 1.60. The van der Waals surface area contributed by atoms with Crippen molar-refractivity contribution in [1.29, 1.82) is 0 Å². The van der Waals surface area contributed by atoms with E-state index in [0.29, 0.717) is 0 Å². The van der Waals surface area contributed by atoms with Gasteiger partial charge in [-0.3, -0.25) is 14.4 Å². The Bertz CT molecular complexity index is 1000. The largest absolute Gasteiger partial charge is 0.394 e. The molecule has 3 saturated heterocycles. The number of nitrogens with zero attached hydrogens (tertiary/aromatic N) is 1. The Hall–Kier alpha value is -2.06. The number of benzene rings is 1. The molecule has 1 aromatic carbocycles. The maximum absolute atomic E-state index is 14.1. The number of aliphatic hydroxyl groups is 1. The quantitative estimate of drug-likeness (QED) is 0.549. The van der Waals surface area contributed by atoms with E-state index >= 15 is 0 Å². The van der Waals surface area contributed by atoms with Crippen LogP contribution in [0.1, 0.15) is 44.7 Å². The number of thioether (sulfide) groups is 1. The van der Waals surface area contributed by atoms with Gasteiger partial charge in [-0.15, -0.1) is 11.8 Å². The van der Waals surface area contributed by atoms with Gasteiger partial charge in [0.2, 0.25) is 17.7 Å². The molecule has 3 aliphatic rings. The van der Waals surface area contributed by atoms with E-state index < -0.39 is 28.7 Å². The SMILES string of the molecule is CC[C@H](C)[C@H](CO)N1C(=O)[C@@H]2[C@@H](C(=O)NC)[C@H]3CC(C)C2(S3)C1C(=O)Nc1cc(C)ccc1C. The summed E-state index contributed by atoms with van der Waals surface area (Å²) in [5.74, 6) is -1.47. The average molecular weight is 488 g/mol. The Kier molecular flexibility index (Phi) is 6.77. The molecule has 4 rings (SSSR count). The maximum atomic E-state index is 14.1. The topological polar surface area (TPSA) is 98.7 Å². The summed E-state index contributed by atoms with van der Waals surface area (Å²) >= 11 is 1.65. The average Bonchev–Trinajstić information content (AvgIpc) is 3.40. The summed E-state index contributed by atoms with van der Waals surface area (Å²) in [6.45, 7) is 9.84. The number of amides is 3. The molecule has 2 bridgehead atoms. The van der Waals surface area contributed by atoms with Gasteiger partial charge in [-0.1, -0.05) is 39.3 Å². The summed E-state index contributed by atoms with van der Waals surface area (Å²) in [5, 5.41) is 16.3. The Morgan fingerprint density at radius 1 is 1.29 bits per heavy atom. The first-order chi connectivity index (χ1) is 16.1. The molecule has 7 nitrogen and oxygen atoms in total. The first kappa shape index (κ1) is 25.0. The number of hydrogen-bond donors (Lipinski definition) is 3. The third-order valence-corrected chi connectivity index (χ3v) is 10.6. The zero-order valence-corrected chi connectivity index (χ0v) is 21.7. The van der Waals surface area contributed by atoms with Crippen LogP contribution in [-0.2, 0) is 14.4 Å². The normalized spacial score (nSPS) is 33.6. The molecule has 8 atom stereocenters. The zero-order valence-electron chi connectivity index (χ0n) is 20.9. The predicted molar refractivity (Wildman–Crippen MR) is 134 cm³/mol. The molecule has 0 radical (unpaired) electrons. The first-order valence-electron chi connectivity index (χ1n) is 12.3. The molecule has 0 aromatic heterocycles. The number of likely N-dealkylation sites (tertiary alicyclic amines) is 1. The minimum Gasteiger partial charge on any atom is -0.394 e. The minimum absolute atomic E-state index is 0.0103. The van der Waals surface area contributed by atoms with Gasteiger partial charge in [-0.25, -0.2) is 0 Å². The molecule has 0 aliphatic carbocycles. The molecule has 3 unspecified atom stereocenters. The molecule has 8 heteroatoms. The molecule has 34 heavy (non-hydrogen) atoms. The molecule has 3 fully saturated rings. The van der Waals surface area contributed by atoms with Gasteiger partial charge >= 0.3 is 0 Å². The maximum Gasteiger partial charge on any atom is 0.248 e. The molecule has 0 saturated carbocycles. The third-order valence-electron chi connectivity index (χ3n) is 8.48. The number of nitrogens with one attached hydrogen (secondary N) is 2. The van der Waals surface area contributed by atoms with Crippen LogP contribution in [0.4, 0.5) is 5.69 Å². The lowest BCUT2D eigenvalue weighted by molar-refractivity contribution is -0.143. The number of hydrogen-bond acceptors (Lipinski definition) is 5. The molecular weight excluding hydrogens is 450 g/mol. The van der Waals surface area contributed by atoms with E-state index in [1.54, 1.807) is 23.7 Å². The van der Waals surface area contributed by atoms with Crippen LogP contribution in [0.3, 0.4) is 0 Å². The van der Waals surface area contributed by atoms with Gasteiger partial charge in [0.15, 0.2) is 0 Å². The first-order valence-corrected chi connectivity index (χ1v) is 13.2. The highest BCUT2D eigenvalue weighted by Crippen LogP contribution is 2.69. The minimum atomic E-state index is -0.754. The van der Waals surface area contributed by atoms with E-state index in [1.807, 2.05) is 45.9 Å².